The van der Waals surface area contributed by atoms with Gasteiger partial charge in [0.15, 0.2) is 0 Å². The molecule has 1 aliphatic rings. The Morgan fingerprint density at radius 3 is 2.50 bits per heavy atom. The molecule has 0 unspecified atom stereocenters. The van der Waals surface area contributed by atoms with Crippen molar-refractivity contribution in [1.29, 1.82) is 0 Å². The van der Waals surface area contributed by atoms with Gasteiger partial charge in [-0.25, -0.2) is 4.79 Å². The van der Waals surface area contributed by atoms with Crippen LogP contribution in [0.25, 0.3) is 0 Å². The summed E-state index contributed by atoms with van der Waals surface area (Å²) >= 11 is 0. The van der Waals surface area contributed by atoms with Gasteiger partial charge in [-0.15, -0.1) is 0 Å². The number of nitrogens with two attached hydrogens (primary N) is 1. The second-order valence-electron chi connectivity index (χ2n) is 4.87. The highest BCUT2D eigenvalue weighted by Crippen LogP contribution is 2.25. The number of likely N-dealkylation sites (tertiary alicyclic amines) is 1. The Morgan fingerprint density at radius 1 is 1.57 bits per heavy atom. The van der Waals surface area contributed by atoms with E-state index in [9.17, 15) is 4.79 Å². The zero-order chi connectivity index (χ0) is 10.9. The lowest BCUT2D eigenvalue weighted by Gasteiger charge is -2.45. The molecule has 1 saturated heterocycles. The Labute approximate surface area is 85.4 Å². The molecule has 4 nitrogen and oxygen atoms in total. The molecule has 1 rings (SSSR count). The number of nitrogens with zero attached hydrogens (tertiary/aromatic N) is 1. The molecule has 0 spiro atoms. The van der Waals surface area contributed by atoms with Gasteiger partial charge in [-0.1, -0.05) is 0 Å². The molecule has 0 aliphatic carbocycles. The molecule has 1 aliphatic heterocycles. The molecular formula is C10H20N2O2. The minimum atomic E-state index is -0.412. The lowest BCUT2D eigenvalue weighted by atomic mass is 9.91. The second-order valence-corrected chi connectivity index (χ2v) is 4.87. The third kappa shape index (κ3) is 2.38. The number of carbonyl (C=O) groups is 1. The van der Waals surface area contributed by atoms with Crippen LogP contribution in [0, 0.1) is 5.92 Å². The van der Waals surface area contributed by atoms with Crippen LogP contribution in [0.15, 0.2) is 0 Å². The number of amides is 1. The van der Waals surface area contributed by atoms with Crippen molar-refractivity contribution >= 4 is 6.09 Å². The van der Waals surface area contributed by atoms with Crippen LogP contribution in [0.3, 0.4) is 0 Å². The normalized spacial score (nSPS) is 27.1. The molecule has 0 aromatic carbocycles. The third-order valence-corrected chi connectivity index (χ3v) is 2.54. The Kier molecular flexibility index (Phi) is 3.04. The largest absolute Gasteiger partial charge is 0.444 e. The first-order valence-electron chi connectivity index (χ1n) is 5.05. The summed E-state index contributed by atoms with van der Waals surface area (Å²) < 4.78 is 5.25. The van der Waals surface area contributed by atoms with Crippen LogP contribution in [0.5, 0.6) is 0 Å². The summed E-state index contributed by atoms with van der Waals surface area (Å²) in [5.74, 6) is 0.433. The maximum Gasteiger partial charge on any atom is 0.410 e. The van der Waals surface area contributed by atoms with Gasteiger partial charge in [0.05, 0.1) is 0 Å². The first-order chi connectivity index (χ1) is 6.35. The molecule has 0 saturated carbocycles. The molecular weight excluding hydrogens is 180 g/mol. The highest BCUT2D eigenvalue weighted by atomic mass is 16.6. The van der Waals surface area contributed by atoms with E-state index in [1.165, 1.54) is 0 Å². The van der Waals surface area contributed by atoms with Crippen LogP contribution >= 0.6 is 0 Å². The van der Waals surface area contributed by atoms with Crippen molar-refractivity contribution in [2.75, 3.05) is 13.1 Å². The Balaban J connectivity index is 2.42. The molecule has 82 valence electrons. The van der Waals surface area contributed by atoms with Crippen molar-refractivity contribution in [3.05, 3.63) is 0 Å². The molecule has 0 aromatic heterocycles. The average Bonchev–Trinajstić information content (AvgIpc) is 1.99. The van der Waals surface area contributed by atoms with Gasteiger partial charge >= 0.3 is 6.09 Å². The van der Waals surface area contributed by atoms with Crippen molar-refractivity contribution < 1.29 is 9.53 Å². The summed E-state index contributed by atoms with van der Waals surface area (Å²) in [6, 6.07) is 0.217. The van der Waals surface area contributed by atoms with E-state index in [0.717, 1.165) is 6.54 Å². The summed E-state index contributed by atoms with van der Waals surface area (Å²) in [5.41, 5.74) is 5.12. The van der Waals surface area contributed by atoms with E-state index in [-0.39, 0.29) is 12.1 Å². The Morgan fingerprint density at radius 2 is 2.14 bits per heavy atom. The molecule has 2 atom stereocenters. The van der Waals surface area contributed by atoms with Crippen molar-refractivity contribution in [1.82, 2.24) is 4.90 Å². The number of hydrogen-bond donors (Lipinski definition) is 1. The van der Waals surface area contributed by atoms with Gasteiger partial charge in [-0.05, 0) is 34.2 Å². The number of carbonyl (C=O) groups excluding carboxylic acids is 1. The predicted octanol–water partition coefficient (Wildman–Crippen LogP) is 1.20. The second kappa shape index (κ2) is 3.77. The molecule has 1 heterocycles. The van der Waals surface area contributed by atoms with Crippen molar-refractivity contribution in [2.45, 2.75) is 39.3 Å². The quantitative estimate of drug-likeness (QED) is 0.692. The highest BCUT2D eigenvalue weighted by Gasteiger charge is 2.39. The van der Waals surface area contributed by atoms with Gasteiger partial charge in [0.2, 0.25) is 0 Å². The van der Waals surface area contributed by atoms with Gasteiger partial charge in [0.1, 0.15) is 5.60 Å². The SMILES string of the molecule is C[C@@H]1[C@@H](CN)CN1C(=O)OC(C)(C)C. The van der Waals surface area contributed by atoms with Crippen LogP contribution in [0.1, 0.15) is 27.7 Å². The van der Waals surface area contributed by atoms with Crippen LogP contribution in [-0.4, -0.2) is 35.7 Å². The topological polar surface area (TPSA) is 55.6 Å². The summed E-state index contributed by atoms with van der Waals surface area (Å²) in [7, 11) is 0. The maximum absolute atomic E-state index is 11.6. The number of ether oxygens (including phenoxy) is 1. The van der Waals surface area contributed by atoms with Crippen LogP contribution < -0.4 is 5.73 Å². The minimum absolute atomic E-state index is 0.217. The Hall–Kier alpha value is -0.770. The average molecular weight is 200 g/mol. The van der Waals surface area contributed by atoms with E-state index in [1.807, 2.05) is 27.7 Å². The lowest BCUT2D eigenvalue weighted by molar-refractivity contribution is -0.0227. The van der Waals surface area contributed by atoms with Crippen LogP contribution in [0.2, 0.25) is 0 Å². The van der Waals surface area contributed by atoms with E-state index < -0.39 is 5.60 Å². The van der Waals surface area contributed by atoms with Crippen molar-refractivity contribution in [3.8, 4) is 0 Å². The fraction of sp³-hybridized carbons (Fsp3) is 0.900. The zero-order valence-electron chi connectivity index (χ0n) is 9.41. The molecule has 0 aromatic rings. The summed E-state index contributed by atoms with van der Waals surface area (Å²) in [6.07, 6.45) is -0.227. The lowest BCUT2D eigenvalue weighted by Crippen LogP contribution is -2.60. The molecule has 2 N–H and O–H groups in total. The summed E-state index contributed by atoms with van der Waals surface area (Å²) in [4.78, 5) is 13.3. The first-order valence-corrected chi connectivity index (χ1v) is 5.05. The summed E-state index contributed by atoms with van der Waals surface area (Å²) in [6.45, 7) is 8.99. The molecule has 14 heavy (non-hydrogen) atoms. The van der Waals surface area contributed by atoms with Gasteiger partial charge in [-0.2, -0.15) is 0 Å². The van der Waals surface area contributed by atoms with E-state index in [1.54, 1.807) is 4.90 Å². The van der Waals surface area contributed by atoms with Crippen molar-refractivity contribution in [3.63, 3.8) is 0 Å². The predicted molar refractivity (Wildman–Crippen MR) is 54.9 cm³/mol. The molecule has 4 heteroatoms. The summed E-state index contributed by atoms with van der Waals surface area (Å²) in [5, 5.41) is 0. The molecule has 0 radical (unpaired) electrons. The van der Waals surface area contributed by atoms with E-state index in [4.69, 9.17) is 10.5 Å². The monoisotopic (exact) mass is 200 g/mol. The smallest absolute Gasteiger partial charge is 0.410 e. The van der Waals surface area contributed by atoms with E-state index >= 15 is 0 Å². The highest BCUT2D eigenvalue weighted by molar-refractivity contribution is 5.69. The van der Waals surface area contributed by atoms with Crippen LogP contribution in [-0.2, 0) is 4.74 Å². The number of hydrogen-bond acceptors (Lipinski definition) is 3. The van der Waals surface area contributed by atoms with Crippen molar-refractivity contribution in [2.24, 2.45) is 11.7 Å². The van der Waals surface area contributed by atoms with Gasteiger partial charge in [0.25, 0.3) is 0 Å². The number of rotatable bonds is 1. The van der Waals surface area contributed by atoms with Gasteiger partial charge in [-0.3, -0.25) is 0 Å². The van der Waals surface area contributed by atoms with Crippen LogP contribution in [0.4, 0.5) is 4.79 Å². The van der Waals surface area contributed by atoms with E-state index in [0.29, 0.717) is 12.5 Å². The van der Waals surface area contributed by atoms with Gasteiger partial charge < -0.3 is 15.4 Å². The third-order valence-electron chi connectivity index (χ3n) is 2.54. The fourth-order valence-corrected chi connectivity index (χ4v) is 1.52. The molecule has 1 fully saturated rings. The first kappa shape index (κ1) is 11.3. The fourth-order valence-electron chi connectivity index (χ4n) is 1.52. The van der Waals surface area contributed by atoms with E-state index in [2.05, 4.69) is 0 Å². The van der Waals surface area contributed by atoms with Gasteiger partial charge in [0, 0.05) is 18.5 Å². The molecule has 1 amide bonds. The molecule has 0 bridgehead atoms. The Bertz CT molecular complexity index is 223. The zero-order valence-corrected chi connectivity index (χ0v) is 9.41. The standard InChI is InChI=1S/C10H20N2O2/c1-7-8(5-11)6-12(7)9(13)14-10(2,3)4/h7-8H,5-6,11H2,1-4H3/t7-,8+/m1/s1. The minimum Gasteiger partial charge on any atom is -0.444 e. The maximum atomic E-state index is 11.6.